The van der Waals surface area contributed by atoms with Crippen molar-refractivity contribution in [1.82, 2.24) is 0 Å². The highest BCUT2D eigenvalue weighted by Gasteiger charge is 2.08. The summed E-state index contributed by atoms with van der Waals surface area (Å²) in [5.41, 5.74) is 7.57. The number of nitrogens with two attached hydrogens (primary N) is 1. The number of nitrogens with zero attached hydrogens (tertiary/aromatic N) is 1. The highest BCUT2D eigenvalue weighted by Crippen LogP contribution is 2.26. The first-order valence-corrected chi connectivity index (χ1v) is 7.04. The molecule has 0 fully saturated rings. The Morgan fingerprint density at radius 2 is 2.17 bits per heavy atom. The van der Waals surface area contributed by atoms with E-state index in [4.69, 9.17) is 22.7 Å². The van der Waals surface area contributed by atoms with Crippen molar-refractivity contribution in [2.24, 2.45) is 5.73 Å². The molecule has 1 aromatic rings. The summed E-state index contributed by atoms with van der Waals surface area (Å²) in [6.45, 7) is 5.61. The molecule has 0 aromatic heterocycles. The Bertz CT molecular complexity index is 423. The number of anilines is 1. The molecule has 100 valence electrons. The summed E-state index contributed by atoms with van der Waals surface area (Å²) in [7, 11) is 2.03. The maximum absolute atomic E-state index is 5.60. The van der Waals surface area contributed by atoms with E-state index in [0.717, 1.165) is 22.3 Å². The van der Waals surface area contributed by atoms with E-state index in [2.05, 4.69) is 20.8 Å². The molecule has 0 bridgehead atoms. The highest BCUT2D eigenvalue weighted by atomic mass is 79.9. The van der Waals surface area contributed by atoms with Crippen LogP contribution in [0.5, 0.6) is 0 Å². The molecule has 0 heterocycles. The van der Waals surface area contributed by atoms with E-state index in [1.165, 1.54) is 0 Å². The molecule has 18 heavy (non-hydrogen) atoms. The Morgan fingerprint density at radius 3 is 2.67 bits per heavy atom. The van der Waals surface area contributed by atoms with Crippen molar-refractivity contribution in [3.8, 4) is 0 Å². The molecule has 0 saturated heterocycles. The molecule has 0 spiro atoms. The molecule has 0 atom stereocenters. The van der Waals surface area contributed by atoms with Crippen molar-refractivity contribution in [1.29, 1.82) is 0 Å². The summed E-state index contributed by atoms with van der Waals surface area (Å²) >= 11 is 8.49. The first kappa shape index (κ1) is 15.4. The van der Waals surface area contributed by atoms with Crippen LogP contribution < -0.4 is 10.6 Å². The quantitative estimate of drug-likeness (QED) is 0.814. The van der Waals surface area contributed by atoms with Gasteiger partial charge in [0.2, 0.25) is 0 Å². The largest absolute Gasteiger partial charge is 0.389 e. The first-order chi connectivity index (χ1) is 8.41. The van der Waals surface area contributed by atoms with Gasteiger partial charge >= 0.3 is 0 Å². The summed E-state index contributed by atoms with van der Waals surface area (Å²) in [6, 6.07) is 5.88. The first-order valence-electron chi connectivity index (χ1n) is 5.84. The number of halogens is 1. The minimum absolute atomic E-state index is 0.263. The van der Waals surface area contributed by atoms with Crippen LogP contribution in [0.3, 0.4) is 0 Å². The average molecular weight is 331 g/mol. The van der Waals surface area contributed by atoms with Crippen LogP contribution in [0.2, 0.25) is 0 Å². The zero-order valence-corrected chi connectivity index (χ0v) is 13.3. The lowest BCUT2D eigenvalue weighted by atomic mass is 10.2. The van der Waals surface area contributed by atoms with E-state index >= 15 is 0 Å². The van der Waals surface area contributed by atoms with Crippen LogP contribution in [0.25, 0.3) is 0 Å². The summed E-state index contributed by atoms with van der Waals surface area (Å²) in [5, 5.41) is 0. The van der Waals surface area contributed by atoms with Gasteiger partial charge in [-0.25, -0.2) is 0 Å². The van der Waals surface area contributed by atoms with Crippen LogP contribution in [0.1, 0.15) is 19.4 Å². The van der Waals surface area contributed by atoms with Crippen molar-refractivity contribution < 1.29 is 4.74 Å². The Balaban J connectivity index is 2.68. The fraction of sp³-hybridized carbons (Fsp3) is 0.462. The van der Waals surface area contributed by atoms with Crippen molar-refractivity contribution in [2.45, 2.75) is 20.0 Å². The lowest BCUT2D eigenvalue weighted by Gasteiger charge is -2.21. The Morgan fingerprint density at radius 1 is 1.50 bits per heavy atom. The molecular formula is C13H19BrN2OS. The van der Waals surface area contributed by atoms with Gasteiger partial charge in [-0.15, -0.1) is 0 Å². The summed E-state index contributed by atoms with van der Waals surface area (Å²) in [5.74, 6) is 0. The maximum Gasteiger partial charge on any atom is 0.104 e. The van der Waals surface area contributed by atoms with Gasteiger partial charge in [0.1, 0.15) is 4.99 Å². The summed E-state index contributed by atoms with van der Waals surface area (Å²) in [4.78, 5) is 2.54. The second-order valence-corrected chi connectivity index (χ2v) is 5.67. The second-order valence-electron chi connectivity index (χ2n) is 4.37. The zero-order valence-electron chi connectivity index (χ0n) is 10.9. The summed E-state index contributed by atoms with van der Waals surface area (Å²) < 4.78 is 6.52. The predicted octanol–water partition coefficient (Wildman–Crippen LogP) is 2.94. The van der Waals surface area contributed by atoms with E-state index in [9.17, 15) is 0 Å². The van der Waals surface area contributed by atoms with Crippen LogP contribution in [-0.2, 0) is 4.74 Å². The van der Waals surface area contributed by atoms with Gasteiger partial charge in [0.15, 0.2) is 0 Å². The smallest absolute Gasteiger partial charge is 0.104 e. The number of hydrogen-bond donors (Lipinski definition) is 1. The lowest BCUT2D eigenvalue weighted by molar-refractivity contribution is 0.0846. The van der Waals surface area contributed by atoms with Crippen LogP contribution in [0.15, 0.2) is 22.7 Å². The van der Waals surface area contributed by atoms with Gasteiger partial charge in [-0.2, -0.15) is 0 Å². The SMILES string of the molecule is CC(C)OCCN(C)c1ccc(C(N)=S)cc1Br. The third kappa shape index (κ3) is 4.55. The highest BCUT2D eigenvalue weighted by molar-refractivity contribution is 9.10. The molecule has 1 aromatic carbocycles. The third-order valence-electron chi connectivity index (χ3n) is 2.52. The van der Waals surface area contributed by atoms with Crippen molar-refractivity contribution in [3.63, 3.8) is 0 Å². The molecular weight excluding hydrogens is 312 g/mol. The monoisotopic (exact) mass is 330 g/mol. The molecule has 5 heteroatoms. The van der Waals surface area contributed by atoms with Gasteiger partial charge in [0.25, 0.3) is 0 Å². The normalized spacial score (nSPS) is 10.7. The molecule has 2 N–H and O–H groups in total. The van der Waals surface area contributed by atoms with Crippen molar-refractivity contribution in [2.75, 3.05) is 25.1 Å². The zero-order chi connectivity index (χ0) is 13.7. The Labute approximate surface area is 122 Å². The van der Waals surface area contributed by atoms with Gasteiger partial charge < -0.3 is 15.4 Å². The predicted molar refractivity (Wildman–Crippen MR) is 84.4 cm³/mol. The molecule has 0 unspecified atom stereocenters. The van der Waals surface area contributed by atoms with Gasteiger partial charge in [-0.3, -0.25) is 0 Å². The lowest BCUT2D eigenvalue weighted by Crippen LogP contribution is -2.24. The molecule has 0 aliphatic rings. The van der Waals surface area contributed by atoms with E-state index in [0.29, 0.717) is 11.6 Å². The van der Waals surface area contributed by atoms with E-state index in [-0.39, 0.29) is 6.10 Å². The van der Waals surface area contributed by atoms with Gasteiger partial charge in [0.05, 0.1) is 18.4 Å². The number of thiocarbonyl (C=S) groups is 1. The second kappa shape index (κ2) is 7.07. The number of benzene rings is 1. The Hall–Kier alpha value is -0.650. The fourth-order valence-corrected chi connectivity index (χ4v) is 2.32. The molecule has 1 rings (SSSR count). The van der Waals surface area contributed by atoms with Crippen LogP contribution in [0, 0.1) is 0 Å². The average Bonchev–Trinajstić information content (AvgIpc) is 2.27. The van der Waals surface area contributed by atoms with Gasteiger partial charge in [0, 0.05) is 23.6 Å². The molecule has 3 nitrogen and oxygen atoms in total. The van der Waals surface area contributed by atoms with Crippen molar-refractivity contribution in [3.05, 3.63) is 28.2 Å². The number of hydrogen-bond acceptors (Lipinski definition) is 3. The molecule has 0 radical (unpaired) electrons. The maximum atomic E-state index is 5.60. The number of rotatable bonds is 6. The fourth-order valence-electron chi connectivity index (χ4n) is 1.52. The minimum atomic E-state index is 0.263. The van der Waals surface area contributed by atoms with Gasteiger partial charge in [-0.05, 0) is 48.0 Å². The van der Waals surface area contributed by atoms with E-state index in [1.807, 2.05) is 39.1 Å². The minimum Gasteiger partial charge on any atom is -0.389 e. The van der Waals surface area contributed by atoms with Crippen LogP contribution in [-0.4, -0.2) is 31.3 Å². The van der Waals surface area contributed by atoms with Crippen molar-refractivity contribution >= 4 is 38.8 Å². The van der Waals surface area contributed by atoms with E-state index < -0.39 is 0 Å². The standard InChI is InChI=1S/C13H19BrN2OS/c1-9(2)17-7-6-16(3)12-5-4-10(13(15)18)8-11(12)14/h4-5,8-9H,6-7H2,1-3H3,(H2,15,18). The number of likely N-dealkylation sites (N-methyl/N-ethyl adjacent to an activating group) is 1. The van der Waals surface area contributed by atoms with Gasteiger partial charge in [-0.1, -0.05) is 12.2 Å². The van der Waals surface area contributed by atoms with Crippen LogP contribution in [0.4, 0.5) is 5.69 Å². The topological polar surface area (TPSA) is 38.5 Å². The molecule has 0 aliphatic heterocycles. The third-order valence-corrected chi connectivity index (χ3v) is 3.39. The molecule has 0 aliphatic carbocycles. The number of ether oxygens (including phenoxy) is 1. The Kier molecular flexibility index (Phi) is 6.05. The van der Waals surface area contributed by atoms with Crippen LogP contribution >= 0.6 is 28.1 Å². The van der Waals surface area contributed by atoms with E-state index in [1.54, 1.807) is 0 Å². The molecule has 0 saturated carbocycles. The molecule has 0 amide bonds. The summed E-state index contributed by atoms with van der Waals surface area (Å²) in [6.07, 6.45) is 0.263.